The molecule has 1 saturated heterocycles. The van der Waals surface area contributed by atoms with Crippen LogP contribution in [0.3, 0.4) is 0 Å². The van der Waals surface area contributed by atoms with E-state index >= 15 is 0 Å². The molecule has 102 valence electrons. The van der Waals surface area contributed by atoms with Crippen molar-refractivity contribution in [3.05, 3.63) is 34.3 Å². The van der Waals surface area contributed by atoms with Crippen LogP contribution in [-0.2, 0) is 4.79 Å². The second kappa shape index (κ2) is 5.61. The Morgan fingerprint density at radius 1 is 1.32 bits per heavy atom. The fourth-order valence-corrected chi connectivity index (χ4v) is 2.55. The van der Waals surface area contributed by atoms with Gasteiger partial charge >= 0.3 is 0 Å². The SMILES string of the molecule is Cc1c(Cl)cccc1C(=O)N1CCC(C(N)=O)CC1. The number of piperidine rings is 1. The third kappa shape index (κ3) is 2.89. The summed E-state index contributed by atoms with van der Waals surface area (Å²) < 4.78 is 0. The maximum Gasteiger partial charge on any atom is 0.254 e. The molecule has 0 saturated carbocycles. The lowest BCUT2D eigenvalue weighted by Gasteiger charge is -2.31. The van der Waals surface area contributed by atoms with Gasteiger partial charge in [0.1, 0.15) is 0 Å². The molecule has 0 atom stereocenters. The van der Waals surface area contributed by atoms with Gasteiger partial charge in [-0.05, 0) is 37.5 Å². The van der Waals surface area contributed by atoms with Crippen LogP contribution >= 0.6 is 11.6 Å². The summed E-state index contributed by atoms with van der Waals surface area (Å²) in [5.74, 6) is -0.404. The summed E-state index contributed by atoms with van der Waals surface area (Å²) in [6.07, 6.45) is 1.28. The van der Waals surface area contributed by atoms with E-state index in [0.717, 1.165) is 5.56 Å². The van der Waals surface area contributed by atoms with Gasteiger partial charge in [0.05, 0.1) is 0 Å². The molecule has 1 heterocycles. The average Bonchev–Trinajstić information content (AvgIpc) is 2.41. The normalized spacial score (nSPS) is 16.4. The molecule has 1 aromatic carbocycles. The number of carbonyl (C=O) groups excluding carboxylic acids is 2. The van der Waals surface area contributed by atoms with Crippen molar-refractivity contribution in [3.63, 3.8) is 0 Å². The fourth-order valence-electron chi connectivity index (χ4n) is 2.38. The van der Waals surface area contributed by atoms with Crippen LogP contribution in [-0.4, -0.2) is 29.8 Å². The van der Waals surface area contributed by atoms with Gasteiger partial charge in [0.15, 0.2) is 0 Å². The van der Waals surface area contributed by atoms with Crippen LogP contribution in [0, 0.1) is 12.8 Å². The number of carbonyl (C=O) groups is 2. The molecule has 0 bridgehead atoms. The van der Waals surface area contributed by atoms with Crippen molar-refractivity contribution in [3.8, 4) is 0 Å². The molecular formula is C14H17ClN2O2. The Bertz CT molecular complexity index is 508. The number of benzene rings is 1. The number of halogens is 1. The molecule has 2 rings (SSSR count). The Morgan fingerprint density at radius 3 is 2.53 bits per heavy atom. The highest BCUT2D eigenvalue weighted by Crippen LogP contribution is 2.23. The second-order valence-corrected chi connectivity index (χ2v) is 5.29. The lowest BCUT2D eigenvalue weighted by Crippen LogP contribution is -2.41. The summed E-state index contributed by atoms with van der Waals surface area (Å²) >= 11 is 6.03. The monoisotopic (exact) mass is 280 g/mol. The lowest BCUT2D eigenvalue weighted by molar-refractivity contribution is -0.123. The molecule has 2 N–H and O–H groups in total. The van der Waals surface area contributed by atoms with Gasteiger partial charge in [0.2, 0.25) is 5.91 Å². The Morgan fingerprint density at radius 2 is 1.95 bits per heavy atom. The summed E-state index contributed by atoms with van der Waals surface area (Å²) in [5, 5.41) is 0.595. The third-order valence-electron chi connectivity index (χ3n) is 3.68. The largest absolute Gasteiger partial charge is 0.369 e. The molecule has 2 amide bonds. The minimum atomic E-state index is -0.272. The first-order chi connectivity index (χ1) is 9.00. The Labute approximate surface area is 117 Å². The molecule has 0 unspecified atom stereocenters. The van der Waals surface area contributed by atoms with E-state index in [9.17, 15) is 9.59 Å². The van der Waals surface area contributed by atoms with Crippen molar-refractivity contribution in [1.29, 1.82) is 0 Å². The predicted molar refractivity (Wildman–Crippen MR) is 74.0 cm³/mol. The molecule has 0 radical (unpaired) electrons. The molecular weight excluding hydrogens is 264 g/mol. The van der Waals surface area contributed by atoms with Gasteiger partial charge in [0.25, 0.3) is 5.91 Å². The van der Waals surface area contributed by atoms with E-state index in [1.54, 1.807) is 23.1 Å². The van der Waals surface area contributed by atoms with E-state index in [1.807, 2.05) is 6.92 Å². The van der Waals surface area contributed by atoms with Crippen LogP contribution in [0.5, 0.6) is 0 Å². The van der Waals surface area contributed by atoms with Crippen molar-refractivity contribution in [2.75, 3.05) is 13.1 Å². The molecule has 1 aromatic rings. The van der Waals surface area contributed by atoms with Crippen molar-refractivity contribution < 1.29 is 9.59 Å². The van der Waals surface area contributed by atoms with E-state index in [4.69, 9.17) is 17.3 Å². The molecule has 1 aliphatic rings. The highest BCUT2D eigenvalue weighted by Gasteiger charge is 2.27. The van der Waals surface area contributed by atoms with E-state index in [0.29, 0.717) is 36.5 Å². The lowest BCUT2D eigenvalue weighted by atomic mass is 9.95. The summed E-state index contributed by atoms with van der Waals surface area (Å²) in [5.41, 5.74) is 6.71. The third-order valence-corrected chi connectivity index (χ3v) is 4.09. The van der Waals surface area contributed by atoms with E-state index in [-0.39, 0.29) is 17.7 Å². The first-order valence-corrected chi connectivity index (χ1v) is 6.72. The number of nitrogens with zero attached hydrogens (tertiary/aromatic N) is 1. The number of hydrogen-bond donors (Lipinski definition) is 1. The summed E-state index contributed by atoms with van der Waals surface area (Å²) in [6, 6.07) is 5.33. The van der Waals surface area contributed by atoms with Gasteiger partial charge < -0.3 is 10.6 Å². The van der Waals surface area contributed by atoms with E-state index in [1.165, 1.54) is 0 Å². The molecule has 4 nitrogen and oxygen atoms in total. The van der Waals surface area contributed by atoms with Crippen LogP contribution in [0.1, 0.15) is 28.8 Å². The topological polar surface area (TPSA) is 63.4 Å². The van der Waals surface area contributed by atoms with Crippen molar-refractivity contribution in [1.82, 2.24) is 4.90 Å². The van der Waals surface area contributed by atoms with Gasteiger partial charge in [0, 0.05) is 29.6 Å². The first-order valence-electron chi connectivity index (χ1n) is 6.34. The van der Waals surface area contributed by atoms with Crippen molar-refractivity contribution >= 4 is 23.4 Å². The number of amides is 2. The fraction of sp³-hybridized carbons (Fsp3) is 0.429. The van der Waals surface area contributed by atoms with E-state index in [2.05, 4.69) is 0 Å². The molecule has 0 aromatic heterocycles. The number of primary amides is 1. The second-order valence-electron chi connectivity index (χ2n) is 4.88. The van der Waals surface area contributed by atoms with Crippen LogP contribution in [0.15, 0.2) is 18.2 Å². The highest BCUT2D eigenvalue weighted by atomic mass is 35.5. The number of rotatable bonds is 2. The molecule has 1 fully saturated rings. The first kappa shape index (κ1) is 13.9. The summed E-state index contributed by atoms with van der Waals surface area (Å²) in [6.45, 7) is 2.97. The average molecular weight is 281 g/mol. The quantitative estimate of drug-likeness (QED) is 0.900. The van der Waals surface area contributed by atoms with Crippen LogP contribution in [0.2, 0.25) is 5.02 Å². The zero-order valence-corrected chi connectivity index (χ0v) is 11.6. The zero-order valence-electron chi connectivity index (χ0n) is 10.9. The van der Waals surface area contributed by atoms with Gasteiger partial charge in [-0.25, -0.2) is 0 Å². The smallest absolute Gasteiger partial charge is 0.254 e. The van der Waals surface area contributed by atoms with Gasteiger partial charge in [-0.3, -0.25) is 9.59 Å². The Kier molecular flexibility index (Phi) is 4.10. The van der Waals surface area contributed by atoms with Gasteiger partial charge in [-0.2, -0.15) is 0 Å². The maximum absolute atomic E-state index is 12.4. The maximum atomic E-state index is 12.4. The number of nitrogens with two attached hydrogens (primary N) is 1. The van der Waals surface area contributed by atoms with Crippen LogP contribution in [0.4, 0.5) is 0 Å². The molecule has 0 aliphatic carbocycles. The Balaban J connectivity index is 2.09. The predicted octanol–water partition coefficient (Wildman–Crippen LogP) is 1.99. The van der Waals surface area contributed by atoms with Gasteiger partial charge in [-0.15, -0.1) is 0 Å². The van der Waals surface area contributed by atoms with Gasteiger partial charge in [-0.1, -0.05) is 17.7 Å². The molecule has 5 heteroatoms. The summed E-state index contributed by atoms with van der Waals surface area (Å²) in [4.78, 5) is 25.3. The van der Waals surface area contributed by atoms with Crippen LogP contribution in [0.25, 0.3) is 0 Å². The Hall–Kier alpha value is -1.55. The highest BCUT2D eigenvalue weighted by molar-refractivity contribution is 6.31. The number of likely N-dealkylation sites (tertiary alicyclic amines) is 1. The standard InChI is InChI=1S/C14H17ClN2O2/c1-9-11(3-2-4-12(9)15)14(19)17-7-5-10(6-8-17)13(16)18/h2-4,10H,5-8H2,1H3,(H2,16,18). The van der Waals surface area contributed by atoms with Crippen molar-refractivity contribution in [2.24, 2.45) is 11.7 Å². The molecule has 19 heavy (non-hydrogen) atoms. The van der Waals surface area contributed by atoms with E-state index < -0.39 is 0 Å². The van der Waals surface area contributed by atoms with Crippen molar-refractivity contribution in [2.45, 2.75) is 19.8 Å². The molecule has 0 spiro atoms. The zero-order chi connectivity index (χ0) is 14.0. The number of hydrogen-bond acceptors (Lipinski definition) is 2. The minimum absolute atomic E-state index is 0.0251. The molecule has 1 aliphatic heterocycles. The summed E-state index contributed by atoms with van der Waals surface area (Å²) in [7, 11) is 0. The van der Waals surface area contributed by atoms with Crippen LogP contribution < -0.4 is 5.73 Å². The minimum Gasteiger partial charge on any atom is -0.369 e.